The van der Waals surface area contributed by atoms with Crippen molar-refractivity contribution in [1.29, 1.82) is 0 Å². The lowest BCUT2D eigenvalue weighted by Gasteiger charge is -2.12. The van der Waals surface area contributed by atoms with Crippen LogP contribution in [0, 0.1) is 5.92 Å². The monoisotopic (exact) mass is 259 g/mol. The van der Waals surface area contributed by atoms with Crippen LogP contribution in [0.5, 0.6) is 0 Å². The summed E-state index contributed by atoms with van der Waals surface area (Å²) in [6, 6.07) is -0.346. The highest BCUT2D eigenvalue weighted by atomic mass is 16.4. The number of amides is 3. The molecular weight excluding hydrogens is 238 g/mol. The molecule has 0 bridgehead atoms. The van der Waals surface area contributed by atoms with Crippen molar-refractivity contribution in [3.05, 3.63) is 0 Å². The van der Waals surface area contributed by atoms with Crippen molar-refractivity contribution in [3.8, 4) is 0 Å². The molecule has 0 aliphatic heterocycles. The lowest BCUT2D eigenvalue weighted by molar-refractivity contribution is -0.137. The number of aliphatic carboxylic acids is 1. The Morgan fingerprint density at radius 3 is 2.39 bits per heavy atom. The zero-order valence-electron chi connectivity index (χ0n) is 10.8. The molecule has 0 aromatic rings. The Labute approximate surface area is 106 Å². The Kier molecular flexibility index (Phi) is 8.34. The van der Waals surface area contributed by atoms with Crippen LogP contribution >= 0.6 is 0 Å². The molecule has 0 aliphatic carbocycles. The Morgan fingerprint density at radius 2 is 1.83 bits per heavy atom. The molecule has 0 saturated carbocycles. The first kappa shape index (κ1) is 16.2. The second-order valence-electron chi connectivity index (χ2n) is 4.10. The molecule has 0 heterocycles. The van der Waals surface area contributed by atoms with E-state index in [1.54, 1.807) is 0 Å². The highest BCUT2D eigenvalue weighted by Gasteiger charge is 2.07. The van der Waals surface area contributed by atoms with Crippen molar-refractivity contribution < 1.29 is 19.5 Å². The minimum Gasteiger partial charge on any atom is -0.481 e. The molecule has 1 unspecified atom stereocenters. The zero-order valence-corrected chi connectivity index (χ0v) is 10.8. The molecule has 0 spiro atoms. The SMILES string of the molecule is CNC(=O)CCNC(=O)NCC(C)CCC(=O)O. The van der Waals surface area contributed by atoms with Gasteiger partial charge in [-0.05, 0) is 12.3 Å². The minimum atomic E-state index is -0.836. The number of carbonyl (C=O) groups excluding carboxylic acids is 2. The fourth-order valence-electron chi connectivity index (χ4n) is 1.22. The number of hydrogen-bond donors (Lipinski definition) is 4. The Bertz CT molecular complexity index is 294. The van der Waals surface area contributed by atoms with E-state index in [2.05, 4.69) is 16.0 Å². The van der Waals surface area contributed by atoms with Gasteiger partial charge in [-0.1, -0.05) is 6.92 Å². The lowest BCUT2D eigenvalue weighted by atomic mass is 10.1. The van der Waals surface area contributed by atoms with Crippen LogP contribution in [0.25, 0.3) is 0 Å². The Balaban J connectivity index is 3.57. The second kappa shape index (κ2) is 9.26. The summed E-state index contributed by atoms with van der Waals surface area (Å²) in [5.74, 6) is -0.868. The highest BCUT2D eigenvalue weighted by Crippen LogP contribution is 2.03. The molecule has 0 fully saturated rings. The van der Waals surface area contributed by atoms with Gasteiger partial charge >= 0.3 is 12.0 Å². The molecule has 0 rings (SSSR count). The largest absolute Gasteiger partial charge is 0.481 e. The quantitative estimate of drug-likeness (QED) is 0.489. The molecule has 0 saturated heterocycles. The van der Waals surface area contributed by atoms with Crippen molar-refractivity contribution in [3.63, 3.8) is 0 Å². The van der Waals surface area contributed by atoms with Crippen LogP contribution < -0.4 is 16.0 Å². The average Bonchev–Trinajstić information content (AvgIpc) is 2.33. The summed E-state index contributed by atoms with van der Waals surface area (Å²) in [6.07, 6.45) is 0.855. The van der Waals surface area contributed by atoms with E-state index >= 15 is 0 Å². The lowest BCUT2D eigenvalue weighted by Crippen LogP contribution is -2.39. The van der Waals surface area contributed by atoms with E-state index in [-0.39, 0.29) is 37.2 Å². The van der Waals surface area contributed by atoms with Crippen molar-refractivity contribution in [2.75, 3.05) is 20.1 Å². The summed E-state index contributed by atoms with van der Waals surface area (Å²) in [5.41, 5.74) is 0. The molecule has 104 valence electrons. The van der Waals surface area contributed by atoms with E-state index in [0.717, 1.165) is 0 Å². The van der Waals surface area contributed by atoms with Gasteiger partial charge in [0.05, 0.1) is 0 Å². The number of hydrogen-bond acceptors (Lipinski definition) is 3. The van der Waals surface area contributed by atoms with Crippen molar-refractivity contribution in [2.24, 2.45) is 5.92 Å². The van der Waals surface area contributed by atoms with Crippen LogP contribution in [-0.2, 0) is 9.59 Å². The van der Waals surface area contributed by atoms with Gasteiger partial charge in [0.15, 0.2) is 0 Å². The van der Waals surface area contributed by atoms with E-state index in [4.69, 9.17) is 5.11 Å². The van der Waals surface area contributed by atoms with Crippen LogP contribution in [0.4, 0.5) is 4.79 Å². The summed E-state index contributed by atoms with van der Waals surface area (Å²) < 4.78 is 0. The normalized spacial score (nSPS) is 11.4. The summed E-state index contributed by atoms with van der Waals surface area (Å²) >= 11 is 0. The first-order chi connectivity index (χ1) is 8.45. The average molecular weight is 259 g/mol. The fourth-order valence-corrected chi connectivity index (χ4v) is 1.22. The maximum Gasteiger partial charge on any atom is 0.314 e. The Hall–Kier alpha value is -1.79. The van der Waals surface area contributed by atoms with Gasteiger partial charge in [0, 0.05) is 33.0 Å². The molecule has 0 radical (unpaired) electrons. The molecule has 4 N–H and O–H groups in total. The van der Waals surface area contributed by atoms with E-state index in [1.165, 1.54) is 7.05 Å². The van der Waals surface area contributed by atoms with Gasteiger partial charge in [-0.15, -0.1) is 0 Å². The number of carboxylic acid groups (broad SMARTS) is 1. The van der Waals surface area contributed by atoms with Gasteiger partial charge < -0.3 is 21.1 Å². The number of urea groups is 1. The topological polar surface area (TPSA) is 108 Å². The van der Waals surface area contributed by atoms with Gasteiger partial charge in [-0.3, -0.25) is 9.59 Å². The second-order valence-corrected chi connectivity index (χ2v) is 4.10. The molecule has 0 aromatic heterocycles. The predicted molar refractivity (Wildman–Crippen MR) is 66.1 cm³/mol. The molecule has 0 aromatic carbocycles. The Morgan fingerprint density at radius 1 is 1.17 bits per heavy atom. The third-order valence-corrected chi connectivity index (χ3v) is 2.38. The van der Waals surface area contributed by atoms with Gasteiger partial charge in [0.25, 0.3) is 0 Å². The highest BCUT2D eigenvalue weighted by molar-refractivity contribution is 5.77. The number of carboxylic acids is 1. The maximum atomic E-state index is 11.3. The zero-order chi connectivity index (χ0) is 14.0. The van der Waals surface area contributed by atoms with Crippen molar-refractivity contribution in [2.45, 2.75) is 26.2 Å². The van der Waals surface area contributed by atoms with Crippen molar-refractivity contribution >= 4 is 17.9 Å². The maximum absolute atomic E-state index is 11.3. The van der Waals surface area contributed by atoms with E-state index in [1.807, 2.05) is 6.92 Å². The first-order valence-corrected chi connectivity index (χ1v) is 5.89. The summed E-state index contributed by atoms with van der Waals surface area (Å²) in [6.45, 7) is 2.56. The van der Waals surface area contributed by atoms with Gasteiger partial charge in [-0.25, -0.2) is 4.79 Å². The van der Waals surface area contributed by atoms with Gasteiger partial charge in [0.1, 0.15) is 0 Å². The smallest absolute Gasteiger partial charge is 0.314 e. The number of rotatable bonds is 8. The van der Waals surface area contributed by atoms with Gasteiger partial charge in [-0.2, -0.15) is 0 Å². The molecule has 1 atom stereocenters. The molecule has 7 heteroatoms. The molecule has 7 nitrogen and oxygen atoms in total. The summed E-state index contributed by atoms with van der Waals surface area (Å²) in [7, 11) is 1.53. The van der Waals surface area contributed by atoms with Crippen LogP contribution in [0.2, 0.25) is 0 Å². The molecule has 18 heavy (non-hydrogen) atoms. The molecule has 3 amide bonds. The third-order valence-electron chi connectivity index (χ3n) is 2.38. The predicted octanol–water partition coefficient (Wildman–Crippen LogP) is -0.0774. The molecular formula is C11H21N3O4. The third kappa shape index (κ3) is 9.44. The van der Waals surface area contributed by atoms with E-state index in [9.17, 15) is 14.4 Å². The van der Waals surface area contributed by atoms with Crippen LogP contribution in [0.1, 0.15) is 26.2 Å². The number of carbonyl (C=O) groups is 3. The van der Waals surface area contributed by atoms with E-state index in [0.29, 0.717) is 13.0 Å². The van der Waals surface area contributed by atoms with E-state index < -0.39 is 5.97 Å². The fraction of sp³-hybridized carbons (Fsp3) is 0.727. The first-order valence-electron chi connectivity index (χ1n) is 5.89. The summed E-state index contributed by atoms with van der Waals surface area (Å²) in [4.78, 5) is 32.5. The standard InChI is InChI=1S/C11H21N3O4/c1-8(3-4-10(16)17)7-14-11(18)13-6-5-9(15)12-2/h8H,3-7H2,1-2H3,(H,12,15)(H,16,17)(H2,13,14,18). The number of nitrogens with one attached hydrogen (secondary N) is 3. The van der Waals surface area contributed by atoms with Crippen LogP contribution in [0.15, 0.2) is 0 Å². The molecule has 0 aliphatic rings. The minimum absolute atomic E-state index is 0.0984. The van der Waals surface area contributed by atoms with Gasteiger partial charge in [0.2, 0.25) is 5.91 Å². The van der Waals surface area contributed by atoms with Crippen LogP contribution in [-0.4, -0.2) is 43.2 Å². The van der Waals surface area contributed by atoms with Crippen molar-refractivity contribution in [1.82, 2.24) is 16.0 Å². The summed E-state index contributed by atoms with van der Waals surface area (Å²) in [5, 5.41) is 16.1. The van der Waals surface area contributed by atoms with Crippen LogP contribution in [0.3, 0.4) is 0 Å².